The topological polar surface area (TPSA) is 162 Å². The number of Topliss-reactive ketones (excluding diaryl/α,β-unsaturated/α-hetero) is 1. The van der Waals surface area contributed by atoms with Crippen LogP contribution < -0.4 is 25.1 Å². The number of aliphatic hydroxyl groups excluding tert-OH is 1. The molecule has 12 nitrogen and oxygen atoms in total. The Hall–Kier alpha value is -5.59. The maximum atomic E-state index is 13.6. The van der Waals surface area contributed by atoms with Crippen molar-refractivity contribution < 1.29 is 34.0 Å². The van der Waals surface area contributed by atoms with Crippen LogP contribution in [0, 0.1) is 0 Å². The number of carbonyl (C=O) groups excluding carboxylic acids is 2. The van der Waals surface area contributed by atoms with Crippen LogP contribution in [0.5, 0.6) is 23.0 Å². The average Bonchev–Trinajstić information content (AvgIpc) is 3.07. The Morgan fingerprint density at radius 1 is 1.00 bits per heavy atom. The Morgan fingerprint density at radius 3 is 2.50 bits per heavy atom. The van der Waals surface area contributed by atoms with E-state index in [1.54, 1.807) is 54.7 Å². The van der Waals surface area contributed by atoms with E-state index in [4.69, 9.17) is 14.2 Å². The second-order valence-electron chi connectivity index (χ2n) is 11.9. The molecule has 0 aliphatic heterocycles. The fourth-order valence-electron chi connectivity index (χ4n) is 5.39. The molecule has 0 fully saturated rings. The Bertz CT molecular complexity index is 2050. The number of aliphatic hydroxyl groups is 2. The molecule has 1 amide bonds. The fraction of sp³-hybridized carbons (Fsp3) is 0.250. The molecular weight excluding hydrogens is 616 g/mol. The van der Waals surface area contributed by atoms with Gasteiger partial charge in [-0.05, 0) is 69.2 Å². The first-order valence-corrected chi connectivity index (χ1v) is 15.4. The molecule has 1 aliphatic carbocycles. The highest BCUT2D eigenvalue weighted by atomic mass is 16.5. The Kier molecular flexibility index (Phi) is 8.94. The lowest BCUT2D eigenvalue weighted by molar-refractivity contribution is -0.0663. The number of hydrogen-bond acceptors (Lipinski definition) is 10. The van der Waals surface area contributed by atoms with E-state index in [-0.39, 0.29) is 23.8 Å². The van der Waals surface area contributed by atoms with Crippen molar-refractivity contribution >= 4 is 28.4 Å². The number of carbonyl (C=O) groups is 2. The number of ketones is 1. The van der Waals surface area contributed by atoms with Gasteiger partial charge in [-0.15, -0.1) is 0 Å². The molecule has 3 heterocycles. The van der Waals surface area contributed by atoms with Gasteiger partial charge in [-0.25, -0.2) is 4.98 Å². The predicted octanol–water partition coefficient (Wildman–Crippen LogP) is 4.86. The Morgan fingerprint density at radius 2 is 1.79 bits per heavy atom. The van der Waals surface area contributed by atoms with Gasteiger partial charge in [0.15, 0.2) is 17.3 Å². The van der Waals surface area contributed by atoms with Crippen LogP contribution in [-0.4, -0.2) is 61.9 Å². The van der Waals surface area contributed by atoms with Crippen molar-refractivity contribution in [2.24, 2.45) is 0 Å². The molecule has 3 aromatic heterocycles. The largest absolute Gasteiger partial charge is 0.493 e. The normalized spacial score (nSPS) is 13.5. The summed E-state index contributed by atoms with van der Waals surface area (Å²) >= 11 is 0. The van der Waals surface area contributed by atoms with Crippen LogP contribution in [0.1, 0.15) is 53.1 Å². The molecule has 1 unspecified atom stereocenters. The molecule has 1 aliphatic rings. The Labute approximate surface area is 275 Å². The average molecular weight is 651 g/mol. The van der Waals surface area contributed by atoms with Gasteiger partial charge in [0.25, 0.3) is 11.5 Å². The number of fused-ring (bicyclic) bond motifs is 2. The maximum absolute atomic E-state index is 13.6. The molecule has 1 atom stereocenters. The summed E-state index contributed by atoms with van der Waals surface area (Å²) in [5.41, 5.74) is 0.0617. The highest BCUT2D eigenvalue weighted by Gasteiger charge is 2.27. The summed E-state index contributed by atoms with van der Waals surface area (Å²) in [5.74, 6) is 0.891. The van der Waals surface area contributed by atoms with E-state index in [0.717, 1.165) is 0 Å². The zero-order chi connectivity index (χ0) is 34.0. The number of rotatable bonds is 10. The lowest BCUT2D eigenvalue weighted by atomic mass is 9.92. The van der Waals surface area contributed by atoms with Gasteiger partial charge in [0.2, 0.25) is 0 Å². The van der Waals surface area contributed by atoms with Crippen molar-refractivity contribution in [3.05, 3.63) is 106 Å². The smallest absolute Gasteiger partial charge is 0.268 e. The summed E-state index contributed by atoms with van der Waals surface area (Å²) in [5, 5.41) is 23.5. The molecule has 48 heavy (non-hydrogen) atoms. The zero-order valence-electron chi connectivity index (χ0n) is 26.6. The van der Waals surface area contributed by atoms with E-state index in [1.165, 1.54) is 43.9 Å². The number of pyridine rings is 3. The Balaban J connectivity index is 1.22. The van der Waals surface area contributed by atoms with E-state index in [0.29, 0.717) is 70.1 Å². The standard InChI is InChI=1S/C36H34N4O8/c1-36(2,45)32(42)20-47-31-18-26-23(17-30(31)46-3)29(14-15-37-26)48-22-12-13-33(38-19-22)39-34(43)25-16-24-27(10-7-11-28(24)41)40(35(25)44)21-8-5-4-6-9-21/h4-6,8-9,12-19,32,42,45H,7,10-11,20H2,1-3H3,(H,38,39,43). The monoisotopic (exact) mass is 650 g/mol. The van der Waals surface area contributed by atoms with E-state index in [1.807, 2.05) is 6.07 Å². The van der Waals surface area contributed by atoms with Crippen molar-refractivity contribution in [2.75, 3.05) is 19.0 Å². The minimum Gasteiger partial charge on any atom is -0.493 e. The number of aromatic nitrogens is 3. The number of nitrogens with one attached hydrogen (secondary N) is 1. The minimum atomic E-state index is -1.35. The van der Waals surface area contributed by atoms with Crippen LogP contribution >= 0.6 is 0 Å². The van der Waals surface area contributed by atoms with Crippen molar-refractivity contribution in [2.45, 2.75) is 44.8 Å². The number of para-hydroxylation sites is 1. The number of methoxy groups -OCH3 is 1. The van der Waals surface area contributed by atoms with Gasteiger partial charge in [0, 0.05) is 41.0 Å². The van der Waals surface area contributed by atoms with Crippen LogP contribution in [0.15, 0.2) is 83.9 Å². The van der Waals surface area contributed by atoms with E-state index < -0.39 is 23.2 Å². The molecule has 0 saturated carbocycles. The molecule has 0 saturated heterocycles. The summed E-state index contributed by atoms with van der Waals surface area (Å²) in [4.78, 5) is 48.5. The number of ether oxygens (including phenoxy) is 3. The van der Waals surface area contributed by atoms with Gasteiger partial charge in [0.05, 0.1) is 24.4 Å². The van der Waals surface area contributed by atoms with Gasteiger partial charge < -0.3 is 29.7 Å². The third-order valence-corrected chi connectivity index (χ3v) is 8.08. The lowest BCUT2D eigenvalue weighted by Gasteiger charge is -2.24. The summed E-state index contributed by atoms with van der Waals surface area (Å²) in [6, 6.07) is 18.5. The zero-order valence-corrected chi connectivity index (χ0v) is 26.6. The molecular formula is C36H34N4O8. The summed E-state index contributed by atoms with van der Waals surface area (Å²) < 4.78 is 18.8. The van der Waals surface area contributed by atoms with Crippen LogP contribution in [0.2, 0.25) is 0 Å². The predicted molar refractivity (Wildman–Crippen MR) is 178 cm³/mol. The van der Waals surface area contributed by atoms with Gasteiger partial charge in [0.1, 0.15) is 35.6 Å². The number of nitrogens with zero attached hydrogens (tertiary/aromatic N) is 3. The van der Waals surface area contributed by atoms with Crippen LogP contribution in [0.4, 0.5) is 5.82 Å². The molecule has 6 rings (SSSR count). The molecule has 12 heteroatoms. The van der Waals surface area contributed by atoms with E-state index >= 15 is 0 Å². The van der Waals surface area contributed by atoms with Crippen LogP contribution in [-0.2, 0) is 6.42 Å². The number of amides is 1. The lowest BCUT2D eigenvalue weighted by Crippen LogP contribution is -2.40. The highest BCUT2D eigenvalue weighted by molar-refractivity contribution is 6.06. The van der Waals surface area contributed by atoms with Crippen molar-refractivity contribution in [1.82, 2.24) is 14.5 Å². The van der Waals surface area contributed by atoms with Gasteiger partial charge in [-0.1, -0.05) is 18.2 Å². The van der Waals surface area contributed by atoms with E-state index in [9.17, 15) is 24.6 Å². The molecule has 5 aromatic rings. The minimum absolute atomic E-state index is 0.107. The van der Waals surface area contributed by atoms with Crippen LogP contribution in [0.3, 0.4) is 0 Å². The first-order chi connectivity index (χ1) is 23.0. The molecule has 0 spiro atoms. The van der Waals surface area contributed by atoms with Crippen molar-refractivity contribution in [3.8, 4) is 28.7 Å². The molecule has 0 bridgehead atoms. The highest BCUT2D eigenvalue weighted by Crippen LogP contribution is 2.37. The third-order valence-electron chi connectivity index (χ3n) is 8.08. The third kappa shape index (κ3) is 6.61. The second-order valence-corrected chi connectivity index (χ2v) is 11.9. The van der Waals surface area contributed by atoms with Gasteiger partial charge >= 0.3 is 0 Å². The fourth-order valence-corrected chi connectivity index (χ4v) is 5.39. The summed E-state index contributed by atoms with van der Waals surface area (Å²) in [7, 11) is 1.48. The first kappa shape index (κ1) is 32.4. The van der Waals surface area contributed by atoms with E-state index in [2.05, 4.69) is 15.3 Å². The molecule has 246 valence electrons. The molecule has 3 N–H and O–H groups in total. The number of benzene rings is 2. The number of anilines is 1. The van der Waals surface area contributed by atoms with Gasteiger partial charge in [-0.3, -0.25) is 23.9 Å². The quantitative estimate of drug-likeness (QED) is 0.190. The maximum Gasteiger partial charge on any atom is 0.268 e. The van der Waals surface area contributed by atoms with Crippen molar-refractivity contribution in [1.29, 1.82) is 0 Å². The SMILES string of the molecule is COc1cc2c(Oc3ccc(NC(=O)c4cc5c(n(-c6ccccc6)c4=O)CCCC5=O)nc3)ccnc2cc1OCC(O)C(C)(C)O. The molecule has 2 aromatic carbocycles. The summed E-state index contributed by atoms with van der Waals surface area (Å²) in [6.45, 7) is 2.81. The number of hydrogen-bond donors (Lipinski definition) is 3. The van der Waals surface area contributed by atoms with Gasteiger partial charge in [-0.2, -0.15) is 0 Å². The molecule has 0 radical (unpaired) electrons. The van der Waals surface area contributed by atoms with Crippen molar-refractivity contribution in [3.63, 3.8) is 0 Å². The van der Waals surface area contributed by atoms with Crippen LogP contribution in [0.25, 0.3) is 16.6 Å². The summed E-state index contributed by atoms with van der Waals surface area (Å²) in [6.07, 6.45) is 3.40. The first-order valence-electron chi connectivity index (χ1n) is 15.4. The second kappa shape index (κ2) is 13.3.